The average Bonchev–Trinajstić information content (AvgIpc) is 2.55. The van der Waals surface area contributed by atoms with Gasteiger partial charge in [0.1, 0.15) is 0 Å². The van der Waals surface area contributed by atoms with Crippen molar-refractivity contribution in [1.82, 2.24) is 4.57 Å². The molecule has 0 spiro atoms. The fourth-order valence-corrected chi connectivity index (χ4v) is 1.72. The van der Waals surface area contributed by atoms with E-state index in [1.807, 2.05) is 25.1 Å². The van der Waals surface area contributed by atoms with Crippen LogP contribution < -0.4 is 0 Å². The summed E-state index contributed by atoms with van der Waals surface area (Å²) in [6, 6.07) is 5.71. The van der Waals surface area contributed by atoms with E-state index < -0.39 is 0 Å². The molecular weight excluding hydrogens is 190 g/mol. The number of hydrogen-bond acceptors (Lipinski definition) is 2. The quantitative estimate of drug-likeness (QED) is 0.664. The highest BCUT2D eigenvalue weighted by molar-refractivity contribution is 6.02. The van der Waals surface area contributed by atoms with Gasteiger partial charge in [0.05, 0.1) is 5.52 Å². The minimum atomic E-state index is -0.0845. The molecule has 3 heteroatoms. The van der Waals surface area contributed by atoms with E-state index >= 15 is 0 Å². The van der Waals surface area contributed by atoms with Crippen LogP contribution >= 0.6 is 0 Å². The van der Waals surface area contributed by atoms with Gasteiger partial charge in [-0.3, -0.25) is 14.2 Å². The summed E-state index contributed by atoms with van der Waals surface area (Å²) < 4.78 is 1.51. The van der Waals surface area contributed by atoms with Gasteiger partial charge in [-0.25, -0.2) is 0 Å². The average molecular weight is 201 g/mol. The van der Waals surface area contributed by atoms with Crippen LogP contribution in [0.4, 0.5) is 0 Å². The molecule has 76 valence electrons. The molecule has 0 fully saturated rings. The SMILES string of the molecule is CC(=O)n1cc(C=O)c2ccc(C)cc21. The van der Waals surface area contributed by atoms with Crippen LogP contribution in [0, 0.1) is 6.92 Å². The lowest BCUT2D eigenvalue weighted by Gasteiger charge is -1.99. The van der Waals surface area contributed by atoms with Crippen molar-refractivity contribution in [2.45, 2.75) is 13.8 Å². The minimum Gasteiger partial charge on any atom is -0.298 e. The second-order valence-corrected chi connectivity index (χ2v) is 3.61. The molecule has 0 bridgehead atoms. The molecule has 0 radical (unpaired) electrons. The first kappa shape index (κ1) is 9.65. The molecule has 0 amide bonds. The summed E-state index contributed by atoms with van der Waals surface area (Å²) in [7, 11) is 0. The molecule has 0 N–H and O–H groups in total. The number of hydrogen-bond donors (Lipinski definition) is 0. The maximum Gasteiger partial charge on any atom is 0.227 e. The summed E-state index contributed by atoms with van der Waals surface area (Å²) in [5.41, 5.74) is 2.42. The molecule has 3 nitrogen and oxygen atoms in total. The summed E-state index contributed by atoms with van der Waals surface area (Å²) in [5, 5.41) is 0.825. The van der Waals surface area contributed by atoms with Crippen LogP contribution in [0.3, 0.4) is 0 Å². The van der Waals surface area contributed by atoms with Crippen LogP contribution in [0.25, 0.3) is 10.9 Å². The van der Waals surface area contributed by atoms with Crippen LogP contribution in [0.15, 0.2) is 24.4 Å². The van der Waals surface area contributed by atoms with Gasteiger partial charge < -0.3 is 0 Å². The molecule has 0 saturated heterocycles. The molecule has 1 aromatic heterocycles. The largest absolute Gasteiger partial charge is 0.298 e. The second-order valence-electron chi connectivity index (χ2n) is 3.61. The fraction of sp³-hybridized carbons (Fsp3) is 0.167. The third kappa shape index (κ3) is 1.46. The van der Waals surface area contributed by atoms with Gasteiger partial charge in [-0.05, 0) is 18.6 Å². The monoisotopic (exact) mass is 201 g/mol. The molecule has 0 atom stereocenters. The maximum atomic E-state index is 11.3. The first-order chi connectivity index (χ1) is 7.13. The Morgan fingerprint density at radius 3 is 2.73 bits per heavy atom. The van der Waals surface area contributed by atoms with E-state index in [-0.39, 0.29) is 5.91 Å². The molecule has 0 aliphatic carbocycles. The Morgan fingerprint density at radius 1 is 1.40 bits per heavy atom. The number of carbonyl (C=O) groups excluding carboxylic acids is 2. The van der Waals surface area contributed by atoms with Crippen molar-refractivity contribution in [2.75, 3.05) is 0 Å². The van der Waals surface area contributed by atoms with Gasteiger partial charge >= 0.3 is 0 Å². The summed E-state index contributed by atoms with van der Waals surface area (Å²) in [6.07, 6.45) is 2.36. The van der Waals surface area contributed by atoms with Crippen molar-refractivity contribution in [3.05, 3.63) is 35.5 Å². The highest BCUT2D eigenvalue weighted by Gasteiger charge is 2.09. The van der Waals surface area contributed by atoms with E-state index in [0.29, 0.717) is 5.56 Å². The predicted octanol–water partition coefficient (Wildman–Crippen LogP) is 2.42. The molecule has 2 aromatic rings. The van der Waals surface area contributed by atoms with Gasteiger partial charge in [0.2, 0.25) is 5.91 Å². The van der Waals surface area contributed by atoms with Gasteiger partial charge in [0.15, 0.2) is 6.29 Å². The smallest absolute Gasteiger partial charge is 0.227 e. The molecule has 1 heterocycles. The van der Waals surface area contributed by atoms with E-state index in [9.17, 15) is 9.59 Å². The van der Waals surface area contributed by atoms with Crippen LogP contribution in [0.5, 0.6) is 0 Å². The zero-order valence-electron chi connectivity index (χ0n) is 8.65. The molecule has 0 aliphatic rings. The van der Waals surface area contributed by atoms with Crippen molar-refractivity contribution < 1.29 is 9.59 Å². The molecule has 15 heavy (non-hydrogen) atoms. The Bertz CT molecular complexity index is 552. The molecule has 0 saturated carbocycles. The van der Waals surface area contributed by atoms with Crippen molar-refractivity contribution in [2.24, 2.45) is 0 Å². The minimum absolute atomic E-state index is 0.0845. The number of nitrogens with zero attached hydrogens (tertiary/aromatic N) is 1. The number of fused-ring (bicyclic) bond motifs is 1. The lowest BCUT2D eigenvalue weighted by molar-refractivity contribution is 0.0941. The number of benzene rings is 1. The third-order valence-electron chi connectivity index (χ3n) is 2.46. The van der Waals surface area contributed by atoms with Crippen LogP contribution in [-0.2, 0) is 0 Å². The van der Waals surface area contributed by atoms with Crippen molar-refractivity contribution in [3.8, 4) is 0 Å². The van der Waals surface area contributed by atoms with Gasteiger partial charge in [0, 0.05) is 24.1 Å². The summed E-state index contributed by atoms with van der Waals surface area (Å²) in [5.74, 6) is -0.0845. The summed E-state index contributed by atoms with van der Waals surface area (Å²) in [4.78, 5) is 22.2. The number of aldehydes is 1. The van der Waals surface area contributed by atoms with Crippen LogP contribution in [0.2, 0.25) is 0 Å². The standard InChI is InChI=1S/C12H11NO2/c1-8-3-4-11-10(7-14)6-13(9(2)15)12(11)5-8/h3-7H,1-2H3. The Kier molecular flexibility index (Phi) is 2.15. The van der Waals surface area contributed by atoms with Gasteiger partial charge in [0.25, 0.3) is 0 Å². The highest BCUT2D eigenvalue weighted by atomic mass is 16.1. The Morgan fingerprint density at radius 2 is 2.13 bits per heavy atom. The number of aryl methyl sites for hydroxylation is 1. The van der Waals surface area contributed by atoms with Crippen LogP contribution in [0.1, 0.15) is 27.6 Å². The van der Waals surface area contributed by atoms with E-state index in [4.69, 9.17) is 0 Å². The normalized spacial score (nSPS) is 10.5. The van der Waals surface area contributed by atoms with E-state index in [1.165, 1.54) is 11.5 Å². The molecule has 0 aliphatic heterocycles. The van der Waals surface area contributed by atoms with Crippen molar-refractivity contribution >= 4 is 23.1 Å². The van der Waals surface area contributed by atoms with E-state index in [0.717, 1.165) is 22.8 Å². The lowest BCUT2D eigenvalue weighted by atomic mass is 10.1. The topological polar surface area (TPSA) is 39.1 Å². The number of rotatable bonds is 1. The van der Waals surface area contributed by atoms with Crippen molar-refractivity contribution in [1.29, 1.82) is 0 Å². The Labute approximate surface area is 87.3 Å². The predicted molar refractivity (Wildman–Crippen MR) is 58.4 cm³/mol. The summed E-state index contributed by atoms with van der Waals surface area (Å²) >= 11 is 0. The van der Waals surface area contributed by atoms with Gasteiger partial charge in [-0.1, -0.05) is 12.1 Å². The first-order valence-corrected chi connectivity index (χ1v) is 4.71. The summed E-state index contributed by atoms with van der Waals surface area (Å²) in [6.45, 7) is 3.44. The molecule has 2 rings (SSSR count). The Hall–Kier alpha value is -1.90. The fourth-order valence-electron chi connectivity index (χ4n) is 1.72. The lowest BCUT2D eigenvalue weighted by Crippen LogP contribution is -2.03. The molecule has 0 unspecified atom stereocenters. The maximum absolute atomic E-state index is 11.3. The zero-order valence-corrected chi connectivity index (χ0v) is 8.65. The van der Waals surface area contributed by atoms with Gasteiger partial charge in [-0.2, -0.15) is 0 Å². The van der Waals surface area contributed by atoms with E-state index in [2.05, 4.69) is 0 Å². The van der Waals surface area contributed by atoms with Gasteiger partial charge in [-0.15, -0.1) is 0 Å². The zero-order chi connectivity index (χ0) is 11.0. The van der Waals surface area contributed by atoms with Crippen LogP contribution in [-0.4, -0.2) is 16.8 Å². The first-order valence-electron chi connectivity index (χ1n) is 4.71. The second kappa shape index (κ2) is 3.35. The number of carbonyl (C=O) groups is 2. The third-order valence-corrected chi connectivity index (χ3v) is 2.46. The number of aromatic nitrogens is 1. The molecule has 1 aromatic carbocycles. The van der Waals surface area contributed by atoms with E-state index in [1.54, 1.807) is 6.20 Å². The van der Waals surface area contributed by atoms with Crippen molar-refractivity contribution in [3.63, 3.8) is 0 Å². The highest BCUT2D eigenvalue weighted by Crippen LogP contribution is 2.21. The Balaban J connectivity index is 2.87. The molecular formula is C12H11NO2.